The molecule has 0 unspecified atom stereocenters. The molecule has 0 saturated heterocycles. The van der Waals surface area contributed by atoms with Crippen molar-refractivity contribution in [1.29, 1.82) is 0 Å². The summed E-state index contributed by atoms with van der Waals surface area (Å²) in [6.07, 6.45) is 0. The standard InChI is InChI=1S/C14H12ClNO4/c1-19-13-4-2-3-5-14(13)20-12-7-6-11(16(17)18)8-10(12)9-15/h2-8H,9H2,1H3. The molecule has 0 atom stereocenters. The van der Waals surface area contributed by atoms with E-state index in [1.165, 1.54) is 18.2 Å². The SMILES string of the molecule is COc1ccccc1Oc1ccc([N+](=O)[O-])cc1CCl. The Morgan fingerprint density at radius 1 is 1.15 bits per heavy atom. The molecule has 6 heteroatoms. The van der Waals surface area contributed by atoms with Crippen LogP contribution in [-0.2, 0) is 5.88 Å². The Balaban J connectivity index is 2.36. The molecule has 0 spiro atoms. The molecule has 0 aliphatic rings. The van der Waals surface area contributed by atoms with Gasteiger partial charge in [-0.3, -0.25) is 10.1 Å². The molecule has 0 aliphatic heterocycles. The van der Waals surface area contributed by atoms with Gasteiger partial charge in [0.2, 0.25) is 0 Å². The topological polar surface area (TPSA) is 61.6 Å². The van der Waals surface area contributed by atoms with Gasteiger partial charge in [0.15, 0.2) is 11.5 Å². The molecule has 0 saturated carbocycles. The summed E-state index contributed by atoms with van der Waals surface area (Å²) in [5.74, 6) is 1.68. The van der Waals surface area contributed by atoms with Gasteiger partial charge in [-0.05, 0) is 18.2 Å². The molecule has 0 aromatic heterocycles. The van der Waals surface area contributed by atoms with Gasteiger partial charge in [-0.1, -0.05) is 12.1 Å². The fourth-order valence-electron chi connectivity index (χ4n) is 1.71. The molecule has 0 heterocycles. The molecule has 5 nitrogen and oxygen atoms in total. The Kier molecular flexibility index (Phi) is 4.42. The Morgan fingerprint density at radius 3 is 2.45 bits per heavy atom. The van der Waals surface area contributed by atoms with E-state index in [0.717, 1.165) is 0 Å². The summed E-state index contributed by atoms with van der Waals surface area (Å²) >= 11 is 5.81. The molecule has 2 aromatic carbocycles. The number of methoxy groups -OCH3 is 1. The maximum Gasteiger partial charge on any atom is 0.270 e. The first kappa shape index (κ1) is 14.1. The summed E-state index contributed by atoms with van der Waals surface area (Å²) in [5, 5.41) is 10.7. The Morgan fingerprint density at radius 2 is 1.85 bits per heavy atom. The van der Waals surface area contributed by atoms with Crippen molar-refractivity contribution in [2.24, 2.45) is 0 Å². The maximum absolute atomic E-state index is 10.7. The lowest BCUT2D eigenvalue weighted by atomic mass is 10.2. The van der Waals surface area contributed by atoms with Crippen LogP contribution in [0.15, 0.2) is 42.5 Å². The Labute approximate surface area is 120 Å². The molecule has 0 amide bonds. The zero-order chi connectivity index (χ0) is 14.5. The van der Waals surface area contributed by atoms with Crippen molar-refractivity contribution in [3.63, 3.8) is 0 Å². The molecule has 104 valence electrons. The van der Waals surface area contributed by atoms with Crippen LogP contribution in [0.1, 0.15) is 5.56 Å². The monoisotopic (exact) mass is 293 g/mol. The summed E-state index contributed by atoms with van der Waals surface area (Å²) in [5.41, 5.74) is 0.528. The summed E-state index contributed by atoms with van der Waals surface area (Å²) in [6.45, 7) is 0. The van der Waals surface area contributed by atoms with Crippen LogP contribution < -0.4 is 9.47 Å². The largest absolute Gasteiger partial charge is 0.493 e. The number of rotatable bonds is 5. The molecular weight excluding hydrogens is 282 g/mol. The van der Waals surface area contributed by atoms with Gasteiger partial charge in [-0.15, -0.1) is 11.6 Å². The van der Waals surface area contributed by atoms with Gasteiger partial charge in [0, 0.05) is 17.7 Å². The average molecular weight is 294 g/mol. The minimum atomic E-state index is -0.469. The number of benzene rings is 2. The van der Waals surface area contributed by atoms with Crippen molar-refractivity contribution >= 4 is 17.3 Å². The summed E-state index contributed by atoms with van der Waals surface area (Å²) in [7, 11) is 1.54. The zero-order valence-electron chi connectivity index (χ0n) is 10.7. The highest BCUT2D eigenvalue weighted by Crippen LogP contribution is 2.34. The van der Waals surface area contributed by atoms with Crippen molar-refractivity contribution in [2.45, 2.75) is 5.88 Å². The van der Waals surface area contributed by atoms with Gasteiger partial charge in [0.1, 0.15) is 5.75 Å². The summed E-state index contributed by atoms with van der Waals surface area (Å²) in [4.78, 5) is 10.3. The van der Waals surface area contributed by atoms with Gasteiger partial charge in [0.05, 0.1) is 17.9 Å². The van der Waals surface area contributed by atoms with Crippen LogP contribution in [0.5, 0.6) is 17.2 Å². The number of para-hydroxylation sites is 2. The lowest BCUT2D eigenvalue weighted by molar-refractivity contribution is -0.384. The smallest absolute Gasteiger partial charge is 0.270 e. The van der Waals surface area contributed by atoms with E-state index in [1.807, 2.05) is 12.1 Å². The third kappa shape index (κ3) is 3.00. The van der Waals surface area contributed by atoms with Crippen molar-refractivity contribution in [2.75, 3.05) is 7.11 Å². The van der Waals surface area contributed by atoms with Gasteiger partial charge >= 0.3 is 0 Å². The van der Waals surface area contributed by atoms with Crippen LogP contribution in [0, 0.1) is 10.1 Å². The highest BCUT2D eigenvalue weighted by Gasteiger charge is 2.13. The van der Waals surface area contributed by atoms with Gasteiger partial charge in [-0.2, -0.15) is 0 Å². The van der Waals surface area contributed by atoms with Crippen molar-refractivity contribution in [3.8, 4) is 17.2 Å². The fourth-order valence-corrected chi connectivity index (χ4v) is 1.91. The van der Waals surface area contributed by atoms with E-state index < -0.39 is 4.92 Å². The second kappa shape index (κ2) is 6.25. The molecule has 2 rings (SSSR count). The maximum atomic E-state index is 10.7. The van der Waals surface area contributed by atoms with Gasteiger partial charge in [-0.25, -0.2) is 0 Å². The zero-order valence-corrected chi connectivity index (χ0v) is 11.5. The molecule has 0 aliphatic carbocycles. The van der Waals surface area contributed by atoms with E-state index >= 15 is 0 Å². The highest BCUT2D eigenvalue weighted by atomic mass is 35.5. The normalized spacial score (nSPS) is 10.1. The summed E-state index contributed by atoms with van der Waals surface area (Å²) < 4.78 is 10.9. The quantitative estimate of drug-likeness (QED) is 0.472. The average Bonchev–Trinajstić information content (AvgIpc) is 2.48. The first-order chi connectivity index (χ1) is 9.65. The molecule has 0 bridgehead atoms. The predicted molar refractivity (Wildman–Crippen MR) is 75.7 cm³/mol. The van der Waals surface area contributed by atoms with E-state index in [1.54, 1.807) is 19.2 Å². The summed E-state index contributed by atoms with van der Waals surface area (Å²) in [6, 6.07) is 11.5. The minimum Gasteiger partial charge on any atom is -0.493 e. The van der Waals surface area contributed by atoms with Crippen LogP contribution in [0.3, 0.4) is 0 Å². The number of nitro benzene ring substituents is 1. The number of hydrogen-bond acceptors (Lipinski definition) is 4. The number of nitrogens with zero attached hydrogens (tertiary/aromatic N) is 1. The second-order valence-electron chi connectivity index (χ2n) is 3.94. The van der Waals surface area contributed by atoms with Gasteiger partial charge in [0.25, 0.3) is 5.69 Å². The van der Waals surface area contributed by atoms with Crippen molar-refractivity contribution in [1.82, 2.24) is 0 Å². The van der Waals surface area contributed by atoms with Crippen LogP contribution in [0.4, 0.5) is 5.69 Å². The van der Waals surface area contributed by atoms with Crippen LogP contribution in [0.25, 0.3) is 0 Å². The third-order valence-electron chi connectivity index (χ3n) is 2.69. The van der Waals surface area contributed by atoms with Crippen LogP contribution in [-0.4, -0.2) is 12.0 Å². The first-order valence-corrected chi connectivity index (χ1v) is 6.33. The van der Waals surface area contributed by atoms with Crippen molar-refractivity contribution in [3.05, 3.63) is 58.1 Å². The molecule has 20 heavy (non-hydrogen) atoms. The van der Waals surface area contributed by atoms with E-state index in [2.05, 4.69) is 0 Å². The molecule has 0 N–H and O–H groups in total. The minimum absolute atomic E-state index is 0.0203. The van der Waals surface area contributed by atoms with Gasteiger partial charge < -0.3 is 9.47 Å². The Bertz CT molecular complexity index is 630. The molecule has 0 fully saturated rings. The number of halogens is 1. The highest BCUT2D eigenvalue weighted by molar-refractivity contribution is 6.17. The van der Waals surface area contributed by atoms with E-state index in [0.29, 0.717) is 22.8 Å². The number of hydrogen-bond donors (Lipinski definition) is 0. The van der Waals surface area contributed by atoms with Crippen LogP contribution >= 0.6 is 11.6 Å². The third-order valence-corrected chi connectivity index (χ3v) is 2.98. The van der Waals surface area contributed by atoms with E-state index in [4.69, 9.17) is 21.1 Å². The molecular formula is C14H12ClNO4. The second-order valence-corrected chi connectivity index (χ2v) is 4.20. The first-order valence-electron chi connectivity index (χ1n) is 5.80. The lowest BCUT2D eigenvalue weighted by Gasteiger charge is -2.12. The fraction of sp³-hybridized carbons (Fsp3) is 0.143. The molecule has 0 radical (unpaired) electrons. The number of alkyl halides is 1. The van der Waals surface area contributed by atoms with E-state index in [9.17, 15) is 10.1 Å². The number of nitro groups is 1. The van der Waals surface area contributed by atoms with E-state index in [-0.39, 0.29) is 11.6 Å². The molecule has 2 aromatic rings. The number of ether oxygens (including phenoxy) is 2. The lowest BCUT2D eigenvalue weighted by Crippen LogP contribution is -1.95. The van der Waals surface area contributed by atoms with Crippen molar-refractivity contribution < 1.29 is 14.4 Å². The predicted octanol–water partition coefficient (Wildman–Crippen LogP) is 4.13. The van der Waals surface area contributed by atoms with Crippen LogP contribution in [0.2, 0.25) is 0 Å². The Hall–Kier alpha value is -2.27. The number of non-ortho nitro benzene ring substituents is 1.